The zero-order valence-electron chi connectivity index (χ0n) is 12.0. The third-order valence-electron chi connectivity index (χ3n) is 2.84. The summed E-state index contributed by atoms with van der Waals surface area (Å²) in [4.78, 5) is 1.15. The van der Waals surface area contributed by atoms with Crippen molar-refractivity contribution in [2.75, 3.05) is 17.6 Å². The van der Waals surface area contributed by atoms with Gasteiger partial charge in [-0.05, 0) is 61.1 Å². The predicted molar refractivity (Wildman–Crippen MR) is 97.5 cm³/mol. The van der Waals surface area contributed by atoms with Crippen LogP contribution in [-0.2, 0) is 0 Å². The van der Waals surface area contributed by atoms with Gasteiger partial charge in [0.25, 0.3) is 0 Å². The van der Waals surface area contributed by atoms with Crippen LogP contribution in [0.4, 0.5) is 10.1 Å². The molecule has 0 aliphatic heterocycles. The van der Waals surface area contributed by atoms with Crippen LogP contribution in [-0.4, -0.2) is 17.4 Å². The fraction of sp³-hybridized carbons (Fsp3) is 0.188. The fourth-order valence-electron chi connectivity index (χ4n) is 1.75. The summed E-state index contributed by atoms with van der Waals surface area (Å²) >= 11 is 12.7. The second kappa shape index (κ2) is 8.36. The van der Waals surface area contributed by atoms with E-state index in [0.29, 0.717) is 17.3 Å². The lowest BCUT2D eigenvalue weighted by Crippen LogP contribution is -2.30. The number of rotatable bonds is 5. The molecule has 2 aromatic carbocycles. The number of hydrogen-bond donors (Lipinski definition) is 2. The number of halogens is 2. The largest absolute Gasteiger partial charge is 0.362 e. The Morgan fingerprint density at radius 3 is 2.64 bits per heavy atom. The van der Waals surface area contributed by atoms with Crippen molar-refractivity contribution in [1.82, 2.24) is 5.32 Å². The van der Waals surface area contributed by atoms with Crippen LogP contribution in [0.15, 0.2) is 47.4 Å². The maximum absolute atomic E-state index is 13.7. The van der Waals surface area contributed by atoms with Crippen LogP contribution in [0.2, 0.25) is 5.02 Å². The quantitative estimate of drug-likeness (QED) is 0.454. The highest BCUT2D eigenvalue weighted by atomic mass is 35.5. The smallest absolute Gasteiger partial charge is 0.170 e. The first-order valence-electron chi connectivity index (χ1n) is 6.74. The molecule has 0 unspecified atom stereocenters. The molecule has 6 heteroatoms. The Labute approximate surface area is 144 Å². The molecular formula is C16H16ClFN2S2. The lowest BCUT2D eigenvalue weighted by Gasteiger charge is -2.11. The Bertz CT molecular complexity index is 647. The predicted octanol–water partition coefficient (Wildman–Crippen LogP) is 4.87. The second-order valence-corrected chi connectivity index (χ2v) is 6.68. The summed E-state index contributed by atoms with van der Waals surface area (Å²) in [5.74, 6) is 0.541. The van der Waals surface area contributed by atoms with E-state index in [0.717, 1.165) is 21.2 Å². The highest BCUT2D eigenvalue weighted by Crippen LogP contribution is 2.19. The number of hydrogen-bond acceptors (Lipinski definition) is 2. The van der Waals surface area contributed by atoms with Crippen LogP contribution in [0.5, 0.6) is 0 Å². The molecule has 116 valence electrons. The summed E-state index contributed by atoms with van der Waals surface area (Å²) in [5, 5.41) is 7.07. The van der Waals surface area contributed by atoms with Crippen molar-refractivity contribution >= 4 is 46.4 Å². The Kier molecular flexibility index (Phi) is 6.49. The molecule has 0 atom stereocenters. The summed E-state index contributed by atoms with van der Waals surface area (Å²) in [5.41, 5.74) is 1.26. The van der Waals surface area contributed by atoms with E-state index in [9.17, 15) is 4.39 Å². The molecule has 0 amide bonds. The minimum Gasteiger partial charge on any atom is -0.362 e. The van der Waals surface area contributed by atoms with Crippen LogP contribution in [0.3, 0.4) is 0 Å². The molecular weight excluding hydrogens is 339 g/mol. The van der Waals surface area contributed by atoms with Gasteiger partial charge in [0.05, 0.1) is 5.69 Å². The van der Waals surface area contributed by atoms with Crippen LogP contribution in [0.25, 0.3) is 0 Å². The van der Waals surface area contributed by atoms with E-state index in [-0.39, 0.29) is 5.82 Å². The number of thiocarbonyl (C=S) groups is 1. The van der Waals surface area contributed by atoms with Gasteiger partial charge in [0.2, 0.25) is 0 Å². The Morgan fingerprint density at radius 2 is 1.95 bits per heavy atom. The van der Waals surface area contributed by atoms with Crippen molar-refractivity contribution in [3.63, 3.8) is 0 Å². The zero-order chi connectivity index (χ0) is 15.9. The van der Waals surface area contributed by atoms with Crippen molar-refractivity contribution < 1.29 is 4.39 Å². The first kappa shape index (κ1) is 17.1. The van der Waals surface area contributed by atoms with Gasteiger partial charge >= 0.3 is 0 Å². The van der Waals surface area contributed by atoms with E-state index in [4.69, 9.17) is 23.8 Å². The van der Waals surface area contributed by atoms with Crippen molar-refractivity contribution in [3.05, 3.63) is 58.9 Å². The van der Waals surface area contributed by atoms with Crippen molar-refractivity contribution in [2.24, 2.45) is 0 Å². The van der Waals surface area contributed by atoms with E-state index in [2.05, 4.69) is 10.6 Å². The van der Waals surface area contributed by atoms with Crippen molar-refractivity contribution in [3.8, 4) is 0 Å². The van der Waals surface area contributed by atoms with Crippen molar-refractivity contribution in [1.29, 1.82) is 0 Å². The van der Waals surface area contributed by atoms with E-state index in [1.807, 2.05) is 37.3 Å². The van der Waals surface area contributed by atoms with Gasteiger partial charge < -0.3 is 10.6 Å². The number of nitrogens with one attached hydrogen (secondary N) is 2. The monoisotopic (exact) mass is 354 g/mol. The number of aryl methyl sites for hydroxylation is 1. The first-order chi connectivity index (χ1) is 10.5. The molecule has 2 aromatic rings. The maximum Gasteiger partial charge on any atom is 0.170 e. The third-order valence-corrected chi connectivity index (χ3v) is 4.35. The Morgan fingerprint density at radius 1 is 1.23 bits per heavy atom. The Hall–Kier alpha value is -1.30. The summed E-state index contributed by atoms with van der Waals surface area (Å²) < 4.78 is 13.7. The molecule has 0 bridgehead atoms. The van der Waals surface area contributed by atoms with E-state index < -0.39 is 0 Å². The van der Waals surface area contributed by atoms with Gasteiger partial charge in [-0.25, -0.2) is 4.39 Å². The zero-order valence-corrected chi connectivity index (χ0v) is 14.4. The number of benzene rings is 2. The van der Waals surface area contributed by atoms with Gasteiger partial charge in [-0.1, -0.05) is 17.7 Å². The molecule has 0 saturated heterocycles. The molecule has 0 aliphatic carbocycles. The summed E-state index contributed by atoms with van der Waals surface area (Å²) in [6.07, 6.45) is 0. The van der Waals surface area contributed by atoms with Gasteiger partial charge in [0.1, 0.15) is 5.82 Å². The minimum absolute atomic E-state index is 0.306. The van der Waals surface area contributed by atoms with E-state index in [1.165, 1.54) is 6.07 Å². The molecule has 0 spiro atoms. The number of anilines is 1. The molecule has 0 radical (unpaired) electrons. The average molecular weight is 355 g/mol. The van der Waals surface area contributed by atoms with Gasteiger partial charge in [0, 0.05) is 22.2 Å². The van der Waals surface area contributed by atoms with Gasteiger partial charge in [0.15, 0.2) is 5.11 Å². The Balaban J connectivity index is 1.72. The lowest BCUT2D eigenvalue weighted by molar-refractivity contribution is 0.631. The van der Waals surface area contributed by atoms with Crippen LogP contribution in [0.1, 0.15) is 5.56 Å². The van der Waals surface area contributed by atoms with Crippen molar-refractivity contribution in [2.45, 2.75) is 11.8 Å². The van der Waals surface area contributed by atoms with E-state index >= 15 is 0 Å². The third kappa shape index (κ3) is 5.48. The molecule has 2 rings (SSSR count). The fourth-order valence-corrected chi connectivity index (χ4v) is 2.86. The molecule has 0 saturated carbocycles. The highest BCUT2D eigenvalue weighted by molar-refractivity contribution is 7.99. The molecule has 2 nitrogen and oxygen atoms in total. The van der Waals surface area contributed by atoms with Crippen LogP contribution >= 0.6 is 35.6 Å². The normalized spacial score (nSPS) is 10.3. The summed E-state index contributed by atoms with van der Waals surface area (Å²) in [7, 11) is 0. The van der Waals surface area contributed by atoms with Gasteiger partial charge in [-0.3, -0.25) is 0 Å². The number of thioether (sulfide) groups is 1. The minimum atomic E-state index is -0.306. The molecule has 2 N–H and O–H groups in total. The van der Waals surface area contributed by atoms with Crippen LogP contribution < -0.4 is 10.6 Å². The van der Waals surface area contributed by atoms with E-state index in [1.54, 1.807) is 17.8 Å². The maximum atomic E-state index is 13.7. The lowest BCUT2D eigenvalue weighted by atomic mass is 10.2. The molecule has 0 aromatic heterocycles. The van der Waals surface area contributed by atoms with Gasteiger partial charge in [-0.2, -0.15) is 0 Å². The summed E-state index contributed by atoms with van der Waals surface area (Å²) in [6.45, 7) is 2.53. The van der Waals surface area contributed by atoms with Gasteiger partial charge in [-0.15, -0.1) is 11.8 Å². The average Bonchev–Trinajstić information content (AvgIpc) is 2.48. The molecule has 0 aliphatic rings. The molecule has 22 heavy (non-hydrogen) atoms. The standard InChI is InChI=1S/C16H16ClFN2S2/c1-11-2-7-15(14(18)10-11)20-16(21)19-8-9-22-13-5-3-12(17)4-6-13/h2-7,10H,8-9H2,1H3,(H2,19,20,21). The SMILES string of the molecule is Cc1ccc(NC(=S)NCCSc2ccc(Cl)cc2)c(F)c1. The molecule has 0 heterocycles. The van der Waals surface area contributed by atoms with Crippen LogP contribution in [0, 0.1) is 12.7 Å². The highest BCUT2D eigenvalue weighted by Gasteiger charge is 2.04. The first-order valence-corrected chi connectivity index (χ1v) is 8.51. The second-order valence-electron chi connectivity index (χ2n) is 4.67. The summed E-state index contributed by atoms with van der Waals surface area (Å²) in [6, 6.07) is 12.7. The topological polar surface area (TPSA) is 24.1 Å². The molecule has 0 fully saturated rings.